The van der Waals surface area contributed by atoms with Crippen molar-refractivity contribution in [1.29, 1.82) is 0 Å². The number of esters is 1. The third kappa shape index (κ3) is 29.5. The van der Waals surface area contributed by atoms with Crippen LogP contribution in [0.5, 0.6) is 0 Å². The van der Waals surface area contributed by atoms with E-state index in [1.54, 1.807) is 0 Å². The Balaban J connectivity index is 4.66. The summed E-state index contributed by atoms with van der Waals surface area (Å²) in [7, 11) is 0. The third-order valence-electron chi connectivity index (χ3n) is 9.54. The highest BCUT2D eigenvalue weighted by atomic mass is 16.5. The average molecular weight is 593 g/mol. The summed E-state index contributed by atoms with van der Waals surface area (Å²) in [5.74, 6) is 0.836. The van der Waals surface area contributed by atoms with E-state index in [-0.39, 0.29) is 11.9 Å². The Labute approximate surface area is 266 Å². The van der Waals surface area contributed by atoms with Crippen molar-refractivity contribution in [2.45, 2.75) is 233 Å². The molecule has 0 rings (SSSR count). The molecule has 252 valence electrons. The molecule has 0 heterocycles. The SMILES string of the molecule is CCCCCCCCCCC(CCCCCCCC)COC(=O)C(CCCCCCCC)CCCCCCCCCC. The van der Waals surface area contributed by atoms with Crippen LogP contribution in [0.4, 0.5) is 0 Å². The highest BCUT2D eigenvalue weighted by Gasteiger charge is 2.21. The van der Waals surface area contributed by atoms with Crippen molar-refractivity contribution in [2.24, 2.45) is 11.8 Å². The van der Waals surface area contributed by atoms with Crippen LogP contribution in [0.1, 0.15) is 233 Å². The van der Waals surface area contributed by atoms with Crippen LogP contribution in [0, 0.1) is 11.8 Å². The van der Waals surface area contributed by atoms with Gasteiger partial charge in [-0.1, -0.05) is 207 Å². The lowest BCUT2D eigenvalue weighted by Gasteiger charge is -2.21. The molecule has 2 unspecified atom stereocenters. The van der Waals surface area contributed by atoms with Gasteiger partial charge in [0.1, 0.15) is 0 Å². The molecule has 2 heteroatoms. The van der Waals surface area contributed by atoms with E-state index in [0.717, 1.165) is 12.8 Å². The van der Waals surface area contributed by atoms with E-state index in [1.807, 2.05) is 0 Å². The molecule has 0 aromatic rings. The summed E-state index contributed by atoms with van der Waals surface area (Å²) in [5, 5.41) is 0. The van der Waals surface area contributed by atoms with E-state index < -0.39 is 0 Å². The lowest BCUT2D eigenvalue weighted by Crippen LogP contribution is -2.22. The van der Waals surface area contributed by atoms with Crippen molar-refractivity contribution in [3.05, 3.63) is 0 Å². The second-order valence-corrected chi connectivity index (χ2v) is 13.8. The summed E-state index contributed by atoms with van der Waals surface area (Å²) in [6.45, 7) is 9.84. The van der Waals surface area contributed by atoms with Gasteiger partial charge < -0.3 is 4.74 Å². The first kappa shape index (κ1) is 41.5. The molecule has 0 aromatic carbocycles. The van der Waals surface area contributed by atoms with Crippen LogP contribution >= 0.6 is 0 Å². The summed E-state index contributed by atoms with van der Waals surface area (Å²) >= 11 is 0. The molecule has 0 fully saturated rings. The van der Waals surface area contributed by atoms with Gasteiger partial charge in [-0.3, -0.25) is 4.79 Å². The highest BCUT2D eigenvalue weighted by Crippen LogP contribution is 2.24. The van der Waals surface area contributed by atoms with Gasteiger partial charge in [0.05, 0.1) is 12.5 Å². The maximum Gasteiger partial charge on any atom is 0.308 e. The Kier molecular flexibility index (Phi) is 34.5. The zero-order chi connectivity index (χ0) is 30.8. The predicted molar refractivity (Wildman–Crippen MR) is 188 cm³/mol. The fourth-order valence-corrected chi connectivity index (χ4v) is 6.48. The number of carbonyl (C=O) groups is 1. The second kappa shape index (κ2) is 35.0. The summed E-state index contributed by atoms with van der Waals surface area (Å²) in [6, 6.07) is 0. The Morgan fingerprint density at radius 2 is 0.643 bits per heavy atom. The lowest BCUT2D eigenvalue weighted by molar-refractivity contribution is -0.150. The quantitative estimate of drug-likeness (QED) is 0.0540. The fraction of sp³-hybridized carbons (Fsp3) is 0.975. The molecule has 0 saturated carbocycles. The van der Waals surface area contributed by atoms with Crippen LogP contribution in [0.2, 0.25) is 0 Å². The summed E-state index contributed by atoms with van der Waals surface area (Å²) in [5.41, 5.74) is 0. The Morgan fingerprint density at radius 1 is 0.381 bits per heavy atom. The maximum absolute atomic E-state index is 13.4. The molecule has 0 aliphatic heterocycles. The molecule has 0 aliphatic carbocycles. The molecule has 0 saturated heterocycles. The minimum atomic E-state index is 0.133. The summed E-state index contributed by atoms with van der Waals surface area (Å²) in [6.07, 6.45) is 42.1. The minimum Gasteiger partial charge on any atom is -0.465 e. The highest BCUT2D eigenvalue weighted by molar-refractivity contribution is 5.72. The average Bonchev–Trinajstić information content (AvgIpc) is 3.00. The van der Waals surface area contributed by atoms with Crippen LogP contribution in [0.15, 0.2) is 0 Å². The first-order chi connectivity index (χ1) is 20.7. The first-order valence-electron chi connectivity index (χ1n) is 19.9. The summed E-state index contributed by atoms with van der Waals surface area (Å²) in [4.78, 5) is 13.4. The van der Waals surface area contributed by atoms with Gasteiger partial charge in [-0.25, -0.2) is 0 Å². The number of rotatable bonds is 35. The Morgan fingerprint density at radius 3 is 0.952 bits per heavy atom. The maximum atomic E-state index is 13.4. The fourth-order valence-electron chi connectivity index (χ4n) is 6.48. The molecule has 0 N–H and O–H groups in total. The molecule has 0 radical (unpaired) electrons. The predicted octanol–water partition coefficient (Wildman–Crippen LogP) is 14.3. The standard InChI is InChI=1S/C40H80O2/c1-5-9-13-17-21-23-26-30-34-38(33-29-25-19-15-11-7-3)37-42-40(41)39(35-31-27-20-16-12-8-4)36-32-28-24-22-18-14-10-6-2/h38-39H,5-37H2,1-4H3. The first-order valence-corrected chi connectivity index (χ1v) is 19.9. The van der Waals surface area contributed by atoms with E-state index in [9.17, 15) is 4.79 Å². The topological polar surface area (TPSA) is 26.3 Å². The Hall–Kier alpha value is -0.530. The van der Waals surface area contributed by atoms with E-state index in [2.05, 4.69) is 27.7 Å². The molecule has 0 bridgehead atoms. The van der Waals surface area contributed by atoms with Gasteiger partial charge in [0.15, 0.2) is 0 Å². The normalized spacial score (nSPS) is 13.0. The minimum absolute atomic E-state index is 0.133. The molecular formula is C40H80O2. The van der Waals surface area contributed by atoms with Crippen molar-refractivity contribution in [1.82, 2.24) is 0 Å². The number of ether oxygens (including phenoxy) is 1. The van der Waals surface area contributed by atoms with E-state index in [0.29, 0.717) is 12.5 Å². The lowest BCUT2D eigenvalue weighted by atomic mass is 9.93. The number of hydrogen-bond donors (Lipinski definition) is 0. The molecule has 0 spiro atoms. The zero-order valence-electron chi connectivity index (χ0n) is 29.8. The molecule has 2 atom stereocenters. The largest absolute Gasteiger partial charge is 0.465 e. The molecular weight excluding hydrogens is 512 g/mol. The molecule has 0 aliphatic rings. The van der Waals surface area contributed by atoms with Crippen molar-refractivity contribution in [3.8, 4) is 0 Å². The third-order valence-corrected chi connectivity index (χ3v) is 9.54. The van der Waals surface area contributed by atoms with Gasteiger partial charge in [-0.15, -0.1) is 0 Å². The van der Waals surface area contributed by atoms with Gasteiger partial charge in [-0.05, 0) is 31.6 Å². The number of unbranched alkanes of at least 4 members (excludes halogenated alkanes) is 24. The van der Waals surface area contributed by atoms with Crippen molar-refractivity contribution < 1.29 is 9.53 Å². The molecule has 2 nitrogen and oxygen atoms in total. The second-order valence-electron chi connectivity index (χ2n) is 13.8. The molecule has 0 amide bonds. The monoisotopic (exact) mass is 593 g/mol. The van der Waals surface area contributed by atoms with Crippen LogP contribution in [0.3, 0.4) is 0 Å². The summed E-state index contributed by atoms with van der Waals surface area (Å²) < 4.78 is 6.16. The van der Waals surface area contributed by atoms with Crippen LogP contribution < -0.4 is 0 Å². The van der Waals surface area contributed by atoms with Gasteiger partial charge >= 0.3 is 5.97 Å². The zero-order valence-corrected chi connectivity index (χ0v) is 29.8. The molecule has 42 heavy (non-hydrogen) atoms. The molecule has 0 aromatic heterocycles. The van der Waals surface area contributed by atoms with E-state index in [4.69, 9.17) is 4.74 Å². The van der Waals surface area contributed by atoms with Gasteiger partial charge in [-0.2, -0.15) is 0 Å². The van der Waals surface area contributed by atoms with Crippen molar-refractivity contribution in [3.63, 3.8) is 0 Å². The Bertz CT molecular complexity index is 516. The number of carbonyl (C=O) groups excluding carboxylic acids is 1. The van der Waals surface area contributed by atoms with Gasteiger partial charge in [0.2, 0.25) is 0 Å². The van der Waals surface area contributed by atoms with E-state index in [1.165, 1.54) is 193 Å². The number of hydrogen-bond acceptors (Lipinski definition) is 2. The van der Waals surface area contributed by atoms with E-state index >= 15 is 0 Å². The van der Waals surface area contributed by atoms with Crippen LogP contribution in [0.25, 0.3) is 0 Å². The van der Waals surface area contributed by atoms with Gasteiger partial charge in [0.25, 0.3) is 0 Å². The van der Waals surface area contributed by atoms with Gasteiger partial charge in [0, 0.05) is 0 Å². The van der Waals surface area contributed by atoms with Crippen molar-refractivity contribution in [2.75, 3.05) is 6.61 Å². The van der Waals surface area contributed by atoms with Crippen molar-refractivity contribution >= 4 is 5.97 Å². The van der Waals surface area contributed by atoms with Crippen LogP contribution in [-0.2, 0) is 9.53 Å². The van der Waals surface area contributed by atoms with Crippen LogP contribution in [-0.4, -0.2) is 12.6 Å². The smallest absolute Gasteiger partial charge is 0.308 e.